The highest BCUT2D eigenvalue weighted by Gasteiger charge is 2.23. The highest BCUT2D eigenvalue weighted by atomic mass is 32.2. The molecule has 25 heavy (non-hydrogen) atoms. The summed E-state index contributed by atoms with van der Waals surface area (Å²) in [4.78, 5) is 17.7. The Bertz CT molecular complexity index is 893. The molecule has 0 aliphatic carbocycles. The van der Waals surface area contributed by atoms with E-state index < -0.39 is 10.0 Å². The van der Waals surface area contributed by atoms with Crippen molar-refractivity contribution >= 4 is 38.1 Å². The first kappa shape index (κ1) is 17.7. The number of carbonyl (C=O) groups excluding carboxylic acids is 1. The number of benzene rings is 1. The van der Waals surface area contributed by atoms with E-state index in [1.54, 1.807) is 23.4 Å². The molecule has 2 heterocycles. The number of hydrogen-bond donors (Lipinski definition) is 1. The topological polar surface area (TPSA) is 88.6 Å². The van der Waals surface area contributed by atoms with Gasteiger partial charge in [-0.15, -0.1) is 11.3 Å². The smallest absolute Gasteiger partial charge is 0.264 e. The quantitative estimate of drug-likeness (QED) is 0.831. The van der Waals surface area contributed by atoms with E-state index in [0.717, 1.165) is 12.0 Å². The van der Waals surface area contributed by atoms with Gasteiger partial charge in [0.25, 0.3) is 5.91 Å². The molecule has 7 nitrogen and oxygen atoms in total. The Labute approximate surface area is 150 Å². The molecule has 0 saturated carbocycles. The van der Waals surface area contributed by atoms with Gasteiger partial charge in [-0.25, -0.2) is 13.4 Å². The lowest BCUT2D eigenvalue weighted by atomic mass is 10.1. The number of likely N-dealkylation sites (N-methyl/N-ethyl adjacent to an activating group) is 1. The van der Waals surface area contributed by atoms with Crippen molar-refractivity contribution in [3.63, 3.8) is 0 Å². The van der Waals surface area contributed by atoms with Crippen molar-refractivity contribution in [1.29, 1.82) is 0 Å². The Morgan fingerprint density at radius 2 is 2.20 bits per heavy atom. The number of unbranched alkanes of at least 4 members (excludes halogenated alkanes) is 1. The molecule has 0 bridgehead atoms. The van der Waals surface area contributed by atoms with Crippen LogP contribution in [0.5, 0.6) is 5.75 Å². The summed E-state index contributed by atoms with van der Waals surface area (Å²) in [6.07, 6.45) is 1.42. The first-order valence-corrected chi connectivity index (χ1v) is 10.4. The number of ether oxygens (including phenoxy) is 1. The maximum Gasteiger partial charge on any atom is 0.264 e. The molecule has 1 aromatic carbocycles. The number of thiazole rings is 1. The first-order chi connectivity index (χ1) is 11.9. The van der Waals surface area contributed by atoms with Gasteiger partial charge in [0.15, 0.2) is 11.7 Å². The highest BCUT2D eigenvalue weighted by molar-refractivity contribution is 7.92. The Balaban J connectivity index is 1.82. The van der Waals surface area contributed by atoms with Crippen LogP contribution in [0.15, 0.2) is 23.6 Å². The molecular weight excluding hydrogens is 362 g/mol. The van der Waals surface area contributed by atoms with Crippen LogP contribution in [-0.4, -0.2) is 38.7 Å². The zero-order valence-corrected chi connectivity index (χ0v) is 15.6. The van der Waals surface area contributed by atoms with Gasteiger partial charge in [-0.2, -0.15) is 0 Å². The number of aromatic nitrogens is 1. The molecule has 3 rings (SSSR count). The number of rotatable bonds is 6. The summed E-state index contributed by atoms with van der Waals surface area (Å²) in [7, 11) is -1.67. The van der Waals surface area contributed by atoms with E-state index >= 15 is 0 Å². The van der Waals surface area contributed by atoms with E-state index in [1.165, 1.54) is 11.3 Å². The van der Waals surface area contributed by atoms with Crippen LogP contribution in [0, 0.1) is 0 Å². The Kier molecular flexibility index (Phi) is 4.96. The number of carbonyl (C=O) groups is 1. The second kappa shape index (κ2) is 7.01. The minimum atomic E-state index is -3.37. The van der Waals surface area contributed by atoms with Crippen molar-refractivity contribution in [3.05, 3.63) is 23.6 Å². The monoisotopic (exact) mass is 381 g/mol. The van der Waals surface area contributed by atoms with Crippen molar-refractivity contribution in [3.8, 4) is 17.0 Å². The van der Waals surface area contributed by atoms with Crippen LogP contribution in [-0.2, 0) is 14.8 Å². The average Bonchev–Trinajstić information content (AvgIpc) is 3.04. The van der Waals surface area contributed by atoms with Gasteiger partial charge in [0, 0.05) is 18.0 Å². The second-order valence-corrected chi connectivity index (χ2v) is 8.44. The predicted octanol–water partition coefficient (Wildman–Crippen LogP) is 2.71. The fourth-order valence-electron chi connectivity index (χ4n) is 2.40. The molecule has 0 spiro atoms. The third-order valence-corrected chi connectivity index (χ3v) is 6.07. The summed E-state index contributed by atoms with van der Waals surface area (Å²) in [5.74, 6) is 0.607. The summed E-state index contributed by atoms with van der Waals surface area (Å²) in [6, 6.07) is 5.45. The van der Waals surface area contributed by atoms with E-state index in [4.69, 9.17) is 4.74 Å². The van der Waals surface area contributed by atoms with E-state index in [-0.39, 0.29) is 18.3 Å². The zero-order chi connectivity index (χ0) is 18.0. The molecular formula is C16H19N3O4S2. The number of hydrogen-bond acceptors (Lipinski definition) is 6. The maximum atomic E-state index is 12.0. The largest absolute Gasteiger partial charge is 0.482 e. The van der Waals surface area contributed by atoms with Gasteiger partial charge >= 0.3 is 0 Å². The number of sulfonamides is 1. The van der Waals surface area contributed by atoms with Crippen molar-refractivity contribution in [1.82, 2.24) is 4.98 Å². The molecule has 0 atom stereocenters. The summed E-state index contributed by atoms with van der Waals surface area (Å²) in [5, 5.41) is 2.12. The lowest BCUT2D eigenvalue weighted by Gasteiger charge is -2.26. The molecule has 2 aromatic rings. The molecule has 1 amide bonds. The number of nitrogens with one attached hydrogen (secondary N) is 1. The van der Waals surface area contributed by atoms with Crippen LogP contribution < -0.4 is 14.4 Å². The molecule has 0 unspecified atom stereocenters. The summed E-state index contributed by atoms with van der Waals surface area (Å²) in [6.45, 7) is 1.97. The number of amides is 1. The molecule has 0 saturated heterocycles. The van der Waals surface area contributed by atoms with Crippen molar-refractivity contribution < 1.29 is 17.9 Å². The van der Waals surface area contributed by atoms with Gasteiger partial charge in [-0.1, -0.05) is 13.3 Å². The normalized spacial score (nSPS) is 14.2. The van der Waals surface area contributed by atoms with Crippen LogP contribution in [0.3, 0.4) is 0 Å². The van der Waals surface area contributed by atoms with Crippen molar-refractivity contribution in [2.24, 2.45) is 0 Å². The molecule has 1 aliphatic heterocycles. The van der Waals surface area contributed by atoms with Crippen molar-refractivity contribution in [2.75, 3.05) is 29.0 Å². The number of anilines is 2. The highest BCUT2D eigenvalue weighted by Crippen LogP contribution is 2.36. The van der Waals surface area contributed by atoms with Gasteiger partial charge in [0.2, 0.25) is 10.0 Å². The van der Waals surface area contributed by atoms with Crippen LogP contribution in [0.1, 0.15) is 19.8 Å². The zero-order valence-electron chi connectivity index (χ0n) is 14.0. The Morgan fingerprint density at radius 1 is 1.40 bits per heavy atom. The fourth-order valence-corrected chi connectivity index (χ4v) is 4.62. The maximum absolute atomic E-state index is 12.0. The standard InChI is InChI=1S/C16H19N3O4S2/c1-3-4-7-25(21,22)18-16-17-12(10-24-16)11-5-6-14-13(8-11)19(2)15(20)9-23-14/h5-6,8,10H,3-4,7,9H2,1-2H3,(H,17,18). The molecule has 0 fully saturated rings. The third kappa shape index (κ3) is 3.93. The molecule has 0 radical (unpaired) electrons. The first-order valence-electron chi connectivity index (χ1n) is 7.89. The lowest BCUT2D eigenvalue weighted by molar-refractivity contribution is -0.120. The SMILES string of the molecule is CCCCS(=O)(=O)Nc1nc(-c2ccc3c(c2)N(C)C(=O)CO3)cs1. The van der Waals surface area contributed by atoms with Crippen molar-refractivity contribution in [2.45, 2.75) is 19.8 Å². The van der Waals surface area contributed by atoms with Crippen LogP contribution in [0.25, 0.3) is 11.3 Å². The predicted molar refractivity (Wildman–Crippen MR) is 98.8 cm³/mol. The third-order valence-electron chi connectivity index (χ3n) is 3.85. The Morgan fingerprint density at radius 3 is 2.96 bits per heavy atom. The minimum Gasteiger partial charge on any atom is -0.482 e. The molecule has 134 valence electrons. The number of fused-ring (bicyclic) bond motifs is 1. The lowest BCUT2D eigenvalue weighted by Crippen LogP contribution is -2.35. The summed E-state index contributed by atoms with van der Waals surface area (Å²) in [5.41, 5.74) is 2.11. The summed E-state index contributed by atoms with van der Waals surface area (Å²) < 4.78 is 31.9. The number of nitrogens with zero attached hydrogens (tertiary/aromatic N) is 2. The Hall–Kier alpha value is -2.13. The molecule has 1 aromatic heterocycles. The van der Waals surface area contributed by atoms with E-state index in [0.29, 0.717) is 28.7 Å². The van der Waals surface area contributed by atoms with Gasteiger partial charge in [-0.3, -0.25) is 9.52 Å². The molecule has 9 heteroatoms. The van der Waals surface area contributed by atoms with Crippen LogP contribution in [0.4, 0.5) is 10.8 Å². The second-order valence-electron chi connectivity index (χ2n) is 5.74. The van der Waals surface area contributed by atoms with Crippen LogP contribution >= 0.6 is 11.3 Å². The molecule has 1 aliphatic rings. The minimum absolute atomic E-state index is 0.0310. The summed E-state index contributed by atoms with van der Waals surface area (Å²) >= 11 is 1.23. The van der Waals surface area contributed by atoms with Crippen LogP contribution in [0.2, 0.25) is 0 Å². The fraction of sp³-hybridized carbons (Fsp3) is 0.375. The molecule has 1 N–H and O–H groups in total. The van der Waals surface area contributed by atoms with E-state index in [1.807, 2.05) is 19.1 Å². The van der Waals surface area contributed by atoms with Gasteiger partial charge < -0.3 is 9.64 Å². The average molecular weight is 381 g/mol. The van der Waals surface area contributed by atoms with Gasteiger partial charge in [0.05, 0.1) is 17.1 Å². The van der Waals surface area contributed by atoms with Gasteiger partial charge in [-0.05, 0) is 24.6 Å². The van der Waals surface area contributed by atoms with Gasteiger partial charge in [0.1, 0.15) is 5.75 Å². The van der Waals surface area contributed by atoms with E-state index in [2.05, 4.69) is 9.71 Å². The van der Waals surface area contributed by atoms with E-state index in [9.17, 15) is 13.2 Å².